The van der Waals surface area contributed by atoms with Gasteiger partial charge < -0.3 is 15.2 Å². The van der Waals surface area contributed by atoms with Gasteiger partial charge in [-0.3, -0.25) is 4.79 Å². The summed E-state index contributed by atoms with van der Waals surface area (Å²) in [4.78, 5) is 14.5. The second-order valence-electron chi connectivity index (χ2n) is 6.36. The van der Waals surface area contributed by atoms with Crippen LogP contribution in [0.2, 0.25) is 0 Å². The zero-order valence-electron chi connectivity index (χ0n) is 12.8. The molecular formula is C15H25N5O. The highest BCUT2D eigenvalue weighted by Gasteiger charge is 2.32. The van der Waals surface area contributed by atoms with E-state index in [1.54, 1.807) is 0 Å². The first-order valence-electron chi connectivity index (χ1n) is 8.14. The van der Waals surface area contributed by atoms with Gasteiger partial charge >= 0.3 is 0 Å². The van der Waals surface area contributed by atoms with Gasteiger partial charge in [-0.1, -0.05) is 0 Å². The molecule has 116 valence electrons. The van der Waals surface area contributed by atoms with Gasteiger partial charge in [0.15, 0.2) is 5.82 Å². The second-order valence-corrected chi connectivity index (χ2v) is 6.36. The van der Waals surface area contributed by atoms with Crippen LogP contribution in [0, 0.1) is 0 Å². The summed E-state index contributed by atoms with van der Waals surface area (Å²) < 4.78 is 2.24. The van der Waals surface area contributed by atoms with Crippen molar-refractivity contribution in [2.45, 2.75) is 70.5 Å². The standard InChI is InChI=1S/C15H25N5O/c1-11(16)10-14(21)19-8-4-2-6-12(19)15-18-17-13-7-3-5-9-20(13)15/h11-12H,2-10,16H2,1H3. The van der Waals surface area contributed by atoms with Crippen molar-refractivity contribution in [2.75, 3.05) is 6.54 Å². The molecule has 2 unspecified atom stereocenters. The van der Waals surface area contributed by atoms with E-state index in [2.05, 4.69) is 14.8 Å². The smallest absolute Gasteiger partial charge is 0.224 e. The van der Waals surface area contributed by atoms with Crippen molar-refractivity contribution in [1.29, 1.82) is 0 Å². The summed E-state index contributed by atoms with van der Waals surface area (Å²) in [5.74, 6) is 2.23. The maximum absolute atomic E-state index is 12.5. The normalized spacial score (nSPS) is 23.7. The zero-order chi connectivity index (χ0) is 14.8. The average molecular weight is 291 g/mol. The number of rotatable bonds is 3. The van der Waals surface area contributed by atoms with Crippen LogP contribution < -0.4 is 5.73 Å². The van der Waals surface area contributed by atoms with Crippen LogP contribution in [0.1, 0.15) is 63.1 Å². The van der Waals surface area contributed by atoms with E-state index in [0.717, 1.165) is 50.4 Å². The van der Waals surface area contributed by atoms with Crippen molar-refractivity contribution >= 4 is 5.91 Å². The van der Waals surface area contributed by atoms with Crippen molar-refractivity contribution in [2.24, 2.45) is 5.73 Å². The van der Waals surface area contributed by atoms with E-state index < -0.39 is 0 Å². The Morgan fingerprint density at radius 1 is 1.29 bits per heavy atom. The minimum atomic E-state index is -0.0904. The fourth-order valence-electron chi connectivity index (χ4n) is 3.47. The van der Waals surface area contributed by atoms with Gasteiger partial charge in [-0.2, -0.15) is 0 Å². The van der Waals surface area contributed by atoms with Crippen LogP contribution >= 0.6 is 0 Å². The van der Waals surface area contributed by atoms with E-state index in [0.29, 0.717) is 6.42 Å². The molecule has 0 aliphatic carbocycles. The number of amides is 1. The van der Waals surface area contributed by atoms with Crippen LogP contribution in [0.3, 0.4) is 0 Å². The third-order valence-corrected chi connectivity index (χ3v) is 4.51. The Hall–Kier alpha value is -1.43. The van der Waals surface area contributed by atoms with Gasteiger partial charge in [0, 0.05) is 32.0 Å². The van der Waals surface area contributed by atoms with Crippen molar-refractivity contribution in [3.63, 3.8) is 0 Å². The fourth-order valence-corrected chi connectivity index (χ4v) is 3.47. The van der Waals surface area contributed by atoms with E-state index in [9.17, 15) is 4.79 Å². The number of nitrogens with two attached hydrogens (primary N) is 1. The molecule has 2 N–H and O–H groups in total. The Morgan fingerprint density at radius 2 is 2.10 bits per heavy atom. The lowest BCUT2D eigenvalue weighted by atomic mass is 10.00. The summed E-state index contributed by atoms with van der Waals surface area (Å²) >= 11 is 0. The molecule has 2 aliphatic rings. The van der Waals surface area contributed by atoms with Crippen molar-refractivity contribution < 1.29 is 4.79 Å². The molecule has 2 atom stereocenters. The van der Waals surface area contributed by atoms with E-state index in [1.807, 2.05) is 11.8 Å². The Labute approximate surface area is 125 Å². The predicted octanol–water partition coefficient (Wildman–Crippen LogP) is 1.41. The van der Waals surface area contributed by atoms with Crippen LogP contribution in [-0.2, 0) is 17.8 Å². The molecule has 1 aromatic heterocycles. The SMILES string of the molecule is CC(N)CC(=O)N1CCCCC1c1nnc2n1CCCC2. The van der Waals surface area contributed by atoms with Gasteiger partial charge in [0.05, 0.1) is 6.04 Å². The molecule has 1 fully saturated rings. The number of carbonyl (C=O) groups is 1. The lowest BCUT2D eigenvalue weighted by Crippen LogP contribution is -2.41. The Bertz CT molecular complexity index is 510. The number of hydrogen-bond donors (Lipinski definition) is 1. The lowest BCUT2D eigenvalue weighted by molar-refractivity contribution is -0.135. The molecule has 6 nitrogen and oxygen atoms in total. The fraction of sp³-hybridized carbons (Fsp3) is 0.800. The average Bonchev–Trinajstić information content (AvgIpc) is 2.90. The van der Waals surface area contributed by atoms with E-state index >= 15 is 0 Å². The number of hydrogen-bond acceptors (Lipinski definition) is 4. The van der Waals surface area contributed by atoms with Crippen LogP contribution in [0.25, 0.3) is 0 Å². The topological polar surface area (TPSA) is 77.0 Å². The minimum Gasteiger partial charge on any atom is -0.332 e. The molecule has 1 saturated heterocycles. The number of nitrogens with zero attached hydrogens (tertiary/aromatic N) is 4. The molecule has 0 saturated carbocycles. The molecular weight excluding hydrogens is 266 g/mol. The molecule has 1 aromatic rings. The Morgan fingerprint density at radius 3 is 2.90 bits per heavy atom. The van der Waals surface area contributed by atoms with Gasteiger partial charge in [0.2, 0.25) is 5.91 Å². The molecule has 0 radical (unpaired) electrons. The third-order valence-electron chi connectivity index (χ3n) is 4.51. The number of fused-ring (bicyclic) bond motifs is 1. The van der Waals surface area contributed by atoms with E-state index in [1.165, 1.54) is 12.8 Å². The van der Waals surface area contributed by atoms with Gasteiger partial charge in [0.25, 0.3) is 0 Å². The predicted molar refractivity (Wildman–Crippen MR) is 79.5 cm³/mol. The molecule has 0 spiro atoms. The molecule has 0 bridgehead atoms. The molecule has 0 aromatic carbocycles. The quantitative estimate of drug-likeness (QED) is 0.913. The summed E-state index contributed by atoms with van der Waals surface area (Å²) in [6.45, 7) is 3.69. The number of aromatic nitrogens is 3. The zero-order valence-corrected chi connectivity index (χ0v) is 12.8. The van der Waals surface area contributed by atoms with Crippen LogP contribution in [-0.4, -0.2) is 38.2 Å². The number of piperidine rings is 1. The maximum atomic E-state index is 12.5. The largest absolute Gasteiger partial charge is 0.332 e. The van der Waals surface area contributed by atoms with Gasteiger partial charge in [0.1, 0.15) is 5.82 Å². The summed E-state index contributed by atoms with van der Waals surface area (Å²) in [5, 5.41) is 8.76. The number of carbonyl (C=O) groups excluding carboxylic acids is 1. The highest BCUT2D eigenvalue weighted by atomic mass is 16.2. The molecule has 21 heavy (non-hydrogen) atoms. The van der Waals surface area contributed by atoms with Crippen LogP contribution in [0.15, 0.2) is 0 Å². The van der Waals surface area contributed by atoms with Crippen molar-refractivity contribution in [3.05, 3.63) is 11.6 Å². The second kappa shape index (κ2) is 6.13. The maximum Gasteiger partial charge on any atom is 0.224 e. The van der Waals surface area contributed by atoms with Gasteiger partial charge in [-0.25, -0.2) is 0 Å². The highest BCUT2D eigenvalue weighted by molar-refractivity contribution is 5.77. The summed E-state index contributed by atoms with van der Waals surface area (Å²) in [7, 11) is 0. The van der Waals surface area contributed by atoms with E-state index in [-0.39, 0.29) is 18.0 Å². The molecule has 2 aliphatic heterocycles. The first kappa shape index (κ1) is 14.5. The minimum absolute atomic E-state index is 0.0874. The highest BCUT2D eigenvalue weighted by Crippen LogP contribution is 2.32. The molecule has 1 amide bonds. The summed E-state index contributed by atoms with van der Waals surface area (Å²) in [6, 6.07) is -0.00302. The van der Waals surface area contributed by atoms with Crippen molar-refractivity contribution in [3.8, 4) is 0 Å². The first-order valence-corrected chi connectivity index (χ1v) is 8.14. The van der Waals surface area contributed by atoms with Crippen molar-refractivity contribution in [1.82, 2.24) is 19.7 Å². The Kier molecular flexibility index (Phi) is 4.24. The first-order chi connectivity index (χ1) is 10.2. The summed E-state index contributed by atoms with van der Waals surface area (Å²) in [5.41, 5.74) is 5.79. The number of aryl methyl sites for hydroxylation is 1. The number of likely N-dealkylation sites (tertiary alicyclic amines) is 1. The molecule has 6 heteroatoms. The van der Waals surface area contributed by atoms with Gasteiger partial charge in [-0.05, 0) is 39.0 Å². The third kappa shape index (κ3) is 2.95. The lowest BCUT2D eigenvalue weighted by Gasteiger charge is -2.36. The monoisotopic (exact) mass is 291 g/mol. The Balaban J connectivity index is 1.84. The summed E-state index contributed by atoms with van der Waals surface area (Å²) in [6.07, 6.45) is 7.00. The van der Waals surface area contributed by atoms with Gasteiger partial charge in [-0.15, -0.1) is 10.2 Å². The van der Waals surface area contributed by atoms with E-state index in [4.69, 9.17) is 5.73 Å². The molecule has 3 rings (SSSR count). The van der Waals surface area contributed by atoms with Crippen LogP contribution in [0.4, 0.5) is 0 Å². The molecule has 3 heterocycles. The van der Waals surface area contributed by atoms with Crippen LogP contribution in [0.5, 0.6) is 0 Å².